The van der Waals surface area contributed by atoms with Gasteiger partial charge < -0.3 is 16.2 Å². The number of hydrogen-bond acceptors (Lipinski definition) is 5. The van der Waals surface area contributed by atoms with Gasteiger partial charge >= 0.3 is 5.97 Å². The fraction of sp³-hybridized carbons (Fsp3) is 0.0769. The molecule has 7 heteroatoms. The molecule has 0 saturated heterocycles. The van der Waals surface area contributed by atoms with Crippen molar-refractivity contribution in [2.24, 2.45) is 5.73 Å². The number of carbonyl (C=O) groups is 2. The van der Waals surface area contributed by atoms with Crippen molar-refractivity contribution in [3.05, 3.63) is 47.3 Å². The van der Waals surface area contributed by atoms with Crippen molar-refractivity contribution in [2.45, 2.75) is 6.92 Å². The number of carboxylic acids is 1. The number of benzene rings is 1. The summed E-state index contributed by atoms with van der Waals surface area (Å²) in [7, 11) is 0. The Hall–Kier alpha value is -2.96. The number of nitrogens with zero attached hydrogens (tertiary/aromatic N) is 2. The maximum absolute atomic E-state index is 11.1. The molecule has 1 amide bonds. The molecule has 1 aromatic heterocycles. The number of rotatable bonds is 4. The van der Waals surface area contributed by atoms with Crippen LogP contribution in [0.15, 0.2) is 30.5 Å². The van der Waals surface area contributed by atoms with Gasteiger partial charge in [0.2, 0.25) is 11.9 Å². The second-order valence-corrected chi connectivity index (χ2v) is 4.07. The molecule has 0 fully saturated rings. The third-order valence-corrected chi connectivity index (χ3v) is 2.61. The number of carbonyl (C=O) groups excluding carboxylic acids is 1. The molecule has 0 saturated carbocycles. The van der Waals surface area contributed by atoms with E-state index in [1.165, 1.54) is 6.20 Å². The maximum atomic E-state index is 11.1. The van der Waals surface area contributed by atoms with Crippen LogP contribution in [0.5, 0.6) is 0 Å². The zero-order valence-electron chi connectivity index (χ0n) is 10.6. The molecule has 0 aliphatic carbocycles. The standard InChI is InChI=1S/C13H12N4O3/c1-7-10(12(19)20)6-15-13(16-7)17-9-4-2-3-8(5-9)11(14)18/h2-6H,1H3,(H2,14,18)(H,19,20)(H,15,16,17). The number of anilines is 2. The van der Waals surface area contributed by atoms with E-state index >= 15 is 0 Å². The van der Waals surface area contributed by atoms with E-state index in [-0.39, 0.29) is 11.5 Å². The molecular formula is C13H12N4O3. The third kappa shape index (κ3) is 2.89. The number of aromatic nitrogens is 2. The van der Waals surface area contributed by atoms with Crippen LogP contribution in [-0.2, 0) is 0 Å². The average Bonchev–Trinajstić information content (AvgIpc) is 2.38. The minimum Gasteiger partial charge on any atom is -0.478 e. The van der Waals surface area contributed by atoms with E-state index in [9.17, 15) is 9.59 Å². The van der Waals surface area contributed by atoms with Crippen LogP contribution in [0.4, 0.5) is 11.6 Å². The molecule has 2 rings (SSSR count). The van der Waals surface area contributed by atoms with Crippen LogP contribution >= 0.6 is 0 Å². The van der Waals surface area contributed by atoms with E-state index in [4.69, 9.17) is 10.8 Å². The van der Waals surface area contributed by atoms with E-state index in [2.05, 4.69) is 15.3 Å². The summed E-state index contributed by atoms with van der Waals surface area (Å²) in [5, 5.41) is 11.8. The molecule has 4 N–H and O–H groups in total. The Morgan fingerprint density at radius 3 is 2.70 bits per heavy atom. The van der Waals surface area contributed by atoms with Crippen LogP contribution in [0.3, 0.4) is 0 Å². The maximum Gasteiger partial charge on any atom is 0.339 e. The number of nitrogens with one attached hydrogen (secondary N) is 1. The molecule has 1 aromatic carbocycles. The minimum absolute atomic E-state index is 0.0430. The largest absolute Gasteiger partial charge is 0.478 e. The van der Waals surface area contributed by atoms with E-state index < -0.39 is 11.9 Å². The lowest BCUT2D eigenvalue weighted by molar-refractivity contribution is 0.0695. The third-order valence-electron chi connectivity index (χ3n) is 2.61. The van der Waals surface area contributed by atoms with Crippen LogP contribution in [-0.4, -0.2) is 27.0 Å². The van der Waals surface area contributed by atoms with Crippen LogP contribution in [0.1, 0.15) is 26.4 Å². The predicted molar refractivity (Wildman–Crippen MR) is 72.0 cm³/mol. The van der Waals surface area contributed by atoms with Crippen molar-refractivity contribution in [1.82, 2.24) is 9.97 Å². The van der Waals surface area contributed by atoms with Crippen molar-refractivity contribution >= 4 is 23.5 Å². The molecule has 0 spiro atoms. The van der Waals surface area contributed by atoms with Crippen molar-refractivity contribution in [1.29, 1.82) is 0 Å². The number of primary amides is 1. The van der Waals surface area contributed by atoms with Gasteiger partial charge in [-0.15, -0.1) is 0 Å². The lowest BCUT2D eigenvalue weighted by Gasteiger charge is -2.07. The van der Waals surface area contributed by atoms with Crippen molar-refractivity contribution in [3.63, 3.8) is 0 Å². The zero-order valence-corrected chi connectivity index (χ0v) is 10.6. The fourth-order valence-corrected chi connectivity index (χ4v) is 1.62. The molecule has 0 bridgehead atoms. The minimum atomic E-state index is -1.08. The summed E-state index contributed by atoms with van der Waals surface area (Å²) in [4.78, 5) is 29.9. The molecule has 0 aliphatic heterocycles. The van der Waals surface area contributed by atoms with Gasteiger partial charge in [0.05, 0.1) is 11.3 Å². The van der Waals surface area contributed by atoms with Gasteiger partial charge in [-0.1, -0.05) is 6.07 Å². The fourth-order valence-electron chi connectivity index (χ4n) is 1.62. The summed E-state index contributed by atoms with van der Waals surface area (Å²) in [5.74, 6) is -1.37. The SMILES string of the molecule is Cc1nc(Nc2cccc(C(N)=O)c2)ncc1C(=O)O. The molecular weight excluding hydrogens is 260 g/mol. The molecule has 1 heterocycles. The highest BCUT2D eigenvalue weighted by Crippen LogP contribution is 2.15. The molecule has 0 radical (unpaired) electrons. The summed E-state index contributed by atoms with van der Waals surface area (Å²) >= 11 is 0. The normalized spacial score (nSPS) is 10.1. The highest BCUT2D eigenvalue weighted by atomic mass is 16.4. The number of amides is 1. The van der Waals surface area contributed by atoms with Gasteiger partial charge in [-0.2, -0.15) is 0 Å². The summed E-state index contributed by atoms with van der Waals surface area (Å²) in [6.07, 6.45) is 1.23. The van der Waals surface area contributed by atoms with E-state index in [0.29, 0.717) is 16.9 Å². The lowest BCUT2D eigenvalue weighted by Crippen LogP contribution is -2.11. The predicted octanol–water partition coefficient (Wildman–Crippen LogP) is 1.33. The number of hydrogen-bond donors (Lipinski definition) is 3. The Kier molecular flexibility index (Phi) is 3.60. The first-order valence-corrected chi connectivity index (χ1v) is 5.71. The average molecular weight is 272 g/mol. The monoisotopic (exact) mass is 272 g/mol. The molecule has 0 atom stereocenters. The van der Waals surface area contributed by atoms with Gasteiger partial charge in [0, 0.05) is 17.4 Å². The number of aryl methyl sites for hydroxylation is 1. The molecule has 0 aliphatic rings. The van der Waals surface area contributed by atoms with Crippen LogP contribution in [0.2, 0.25) is 0 Å². The summed E-state index contributed by atoms with van der Waals surface area (Å²) < 4.78 is 0. The van der Waals surface area contributed by atoms with Crippen molar-refractivity contribution in [3.8, 4) is 0 Å². The summed E-state index contributed by atoms with van der Waals surface area (Å²) in [6, 6.07) is 6.54. The van der Waals surface area contributed by atoms with Gasteiger partial charge in [0.15, 0.2) is 0 Å². The van der Waals surface area contributed by atoms with Gasteiger partial charge in [-0.05, 0) is 25.1 Å². The molecule has 102 valence electrons. The Morgan fingerprint density at radius 1 is 1.35 bits per heavy atom. The lowest BCUT2D eigenvalue weighted by atomic mass is 10.2. The highest BCUT2D eigenvalue weighted by molar-refractivity contribution is 5.93. The van der Waals surface area contributed by atoms with E-state index in [1.54, 1.807) is 31.2 Å². The van der Waals surface area contributed by atoms with Gasteiger partial charge in [0.1, 0.15) is 0 Å². The number of nitrogens with two attached hydrogens (primary N) is 1. The Labute approximate surface area is 114 Å². The van der Waals surface area contributed by atoms with E-state index in [0.717, 1.165) is 0 Å². The second-order valence-electron chi connectivity index (χ2n) is 4.07. The van der Waals surface area contributed by atoms with Crippen molar-refractivity contribution in [2.75, 3.05) is 5.32 Å². The van der Waals surface area contributed by atoms with Crippen LogP contribution in [0, 0.1) is 6.92 Å². The van der Waals surface area contributed by atoms with Crippen LogP contribution < -0.4 is 11.1 Å². The zero-order chi connectivity index (χ0) is 14.7. The number of aromatic carboxylic acids is 1. The Balaban J connectivity index is 2.26. The number of carboxylic acid groups (broad SMARTS) is 1. The first-order valence-electron chi connectivity index (χ1n) is 5.71. The van der Waals surface area contributed by atoms with Crippen molar-refractivity contribution < 1.29 is 14.7 Å². The van der Waals surface area contributed by atoms with Gasteiger partial charge in [-0.3, -0.25) is 4.79 Å². The summed E-state index contributed by atoms with van der Waals surface area (Å²) in [6.45, 7) is 1.58. The van der Waals surface area contributed by atoms with Crippen LogP contribution in [0.25, 0.3) is 0 Å². The first kappa shape index (κ1) is 13.5. The summed E-state index contributed by atoms with van der Waals surface area (Å²) in [5.41, 5.74) is 6.52. The van der Waals surface area contributed by atoms with Gasteiger partial charge in [-0.25, -0.2) is 14.8 Å². The Morgan fingerprint density at radius 2 is 2.10 bits per heavy atom. The molecule has 20 heavy (non-hydrogen) atoms. The molecule has 7 nitrogen and oxygen atoms in total. The quantitative estimate of drug-likeness (QED) is 0.772. The topological polar surface area (TPSA) is 118 Å². The molecule has 0 unspecified atom stereocenters. The molecule has 2 aromatic rings. The first-order chi connectivity index (χ1) is 9.47. The highest BCUT2D eigenvalue weighted by Gasteiger charge is 2.10. The van der Waals surface area contributed by atoms with E-state index in [1.807, 2.05) is 0 Å². The second kappa shape index (κ2) is 5.35. The smallest absolute Gasteiger partial charge is 0.339 e. The Bertz CT molecular complexity index is 685. The van der Waals surface area contributed by atoms with Gasteiger partial charge in [0.25, 0.3) is 0 Å².